The summed E-state index contributed by atoms with van der Waals surface area (Å²) < 4.78 is 0. The molecule has 0 atom stereocenters. The van der Waals surface area contributed by atoms with Crippen LogP contribution < -0.4 is 5.32 Å². The topological polar surface area (TPSA) is 41.5 Å². The first kappa shape index (κ1) is 5.03. The fourth-order valence-corrected chi connectivity index (χ4v) is 0.520. The quantitative estimate of drug-likeness (QED) is 0.447. The van der Waals surface area contributed by atoms with Crippen LogP contribution >= 0.6 is 0 Å². The molecule has 0 saturated heterocycles. The molecule has 1 N–H and O–H groups in total. The first-order valence-electron chi connectivity index (χ1n) is 2.25. The van der Waals surface area contributed by atoms with Crippen molar-refractivity contribution in [2.45, 2.75) is 6.92 Å². The molecule has 0 aromatic rings. The van der Waals surface area contributed by atoms with E-state index in [1.54, 1.807) is 6.92 Å². The predicted octanol–water partition coefficient (Wildman–Crippen LogP) is 0.0483. The van der Waals surface area contributed by atoms with E-state index in [0.717, 1.165) is 0 Å². The van der Waals surface area contributed by atoms with Crippen molar-refractivity contribution in [1.82, 2.24) is 5.32 Å². The van der Waals surface area contributed by atoms with Crippen LogP contribution in [0.25, 0.3) is 0 Å². The van der Waals surface area contributed by atoms with Crippen LogP contribution in [0.2, 0.25) is 0 Å². The van der Waals surface area contributed by atoms with Crippen molar-refractivity contribution >= 4 is 11.7 Å². The lowest BCUT2D eigenvalue weighted by Crippen LogP contribution is -2.12. The van der Waals surface area contributed by atoms with Gasteiger partial charge in [0, 0.05) is 0 Å². The van der Waals surface area contributed by atoms with E-state index in [0.29, 0.717) is 11.5 Å². The Morgan fingerprint density at radius 2 is 2.38 bits per heavy atom. The number of amides is 1. The van der Waals surface area contributed by atoms with Crippen LogP contribution in [0.15, 0.2) is 17.3 Å². The summed E-state index contributed by atoms with van der Waals surface area (Å²) in [6.45, 7) is 5.13. The second-order valence-corrected chi connectivity index (χ2v) is 1.61. The van der Waals surface area contributed by atoms with Gasteiger partial charge in [0.25, 0.3) is 5.91 Å². The number of hydrogen-bond donors (Lipinski definition) is 1. The highest BCUT2D eigenvalue weighted by Gasteiger charge is 2.12. The van der Waals surface area contributed by atoms with Gasteiger partial charge < -0.3 is 5.32 Å². The fraction of sp³-hybridized carbons (Fsp3) is 0.200. The van der Waals surface area contributed by atoms with Crippen LogP contribution in [0.3, 0.4) is 0 Å². The third-order valence-corrected chi connectivity index (χ3v) is 0.859. The van der Waals surface area contributed by atoms with E-state index in [9.17, 15) is 4.79 Å². The van der Waals surface area contributed by atoms with Gasteiger partial charge in [0.15, 0.2) is 0 Å². The van der Waals surface area contributed by atoms with Gasteiger partial charge in [-0.25, -0.2) is 0 Å². The molecule has 1 heterocycles. The summed E-state index contributed by atoms with van der Waals surface area (Å²) in [4.78, 5) is 14.0. The average molecular weight is 110 g/mol. The molecule has 0 aromatic carbocycles. The van der Waals surface area contributed by atoms with E-state index in [2.05, 4.69) is 16.9 Å². The van der Waals surface area contributed by atoms with Crippen molar-refractivity contribution in [3.63, 3.8) is 0 Å². The second kappa shape index (κ2) is 1.43. The van der Waals surface area contributed by atoms with Crippen LogP contribution in [0.1, 0.15) is 6.92 Å². The molecule has 0 spiro atoms. The molecule has 0 fully saturated rings. The minimum Gasteiger partial charge on any atom is -0.340 e. The normalized spacial score (nSPS) is 18.4. The number of aliphatic imine (C=N–C) groups is 1. The maximum absolute atomic E-state index is 10.4. The molecule has 3 heteroatoms. The Hall–Kier alpha value is -1.12. The Morgan fingerprint density at radius 3 is 2.50 bits per heavy atom. The van der Waals surface area contributed by atoms with Crippen LogP contribution in [-0.2, 0) is 4.79 Å². The molecule has 1 rings (SSSR count). The van der Waals surface area contributed by atoms with Crippen molar-refractivity contribution in [2.75, 3.05) is 0 Å². The van der Waals surface area contributed by atoms with E-state index in [1.165, 1.54) is 0 Å². The number of rotatable bonds is 0. The summed E-state index contributed by atoms with van der Waals surface area (Å²) in [6.07, 6.45) is 0. The van der Waals surface area contributed by atoms with Gasteiger partial charge in [0.05, 0.1) is 0 Å². The van der Waals surface area contributed by atoms with Gasteiger partial charge in [-0.3, -0.25) is 4.79 Å². The van der Waals surface area contributed by atoms with Crippen molar-refractivity contribution in [1.29, 1.82) is 0 Å². The Kier molecular flexibility index (Phi) is 0.901. The van der Waals surface area contributed by atoms with Gasteiger partial charge in [0.1, 0.15) is 11.5 Å². The third kappa shape index (κ3) is 0.621. The zero-order chi connectivity index (χ0) is 6.15. The number of hydrogen-bond acceptors (Lipinski definition) is 2. The van der Waals surface area contributed by atoms with Crippen molar-refractivity contribution < 1.29 is 4.79 Å². The highest BCUT2D eigenvalue weighted by molar-refractivity contribution is 6.09. The maximum atomic E-state index is 10.4. The van der Waals surface area contributed by atoms with Crippen LogP contribution in [0.4, 0.5) is 0 Å². The van der Waals surface area contributed by atoms with E-state index in [-0.39, 0.29) is 5.91 Å². The molecule has 42 valence electrons. The number of amidine groups is 1. The van der Waals surface area contributed by atoms with Crippen LogP contribution in [0, 0.1) is 0 Å². The zero-order valence-electron chi connectivity index (χ0n) is 4.56. The molecule has 0 radical (unpaired) electrons. The number of nitrogens with zero attached hydrogens (tertiary/aromatic N) is 1. The SMILES string of the molecule is C=C1NC(C)=NC1=O. The Labute approximate surface area is 47.1 Å². The molecule has 0 bridgehead atoms. The summed E-state index contributed by atoms with van der Waals surface area (Å²) in [7, 11) is 0. The summed E-state index contributed by atoms with van der Waals surface area (Å²) in [6, 6.07) is 0. The zero-order valence-corrected chi connectivity index (χ0v) is 4.56. The molecule has 1 aliphatic heterocycles. The maximum Gasteiger partial charge on any atom is 0.294 e. The van der Waals surface area contributed by atoms with E-state index in [1.807, 2.05) is 0 Å². The van der Waals surface area contributed by atoms with Crippen molar-refractivity contribution in [2.24, 2.45) is 4.99 Å². The molecule has 1 aliphatic rings. The fourth-order valence-electron chi connectivity index (χ4n) is 0.520. The second-order valence-electron chi connectivity index (χ2n) is 1.61. The monoisotopic (exact) mass is 110 g/mol. The first-order valence-corrected chi connectivity index (χ1v) is 2.25. The van der Waals surface area contributed by atoms with Crippen LogP contribution in [-0.4, -0.2) is 11.7 Å². The van der Waals surface area contributed by atoms with Gasteiger partial charge in [-0.15, -0.1) is 0 Å². The Bertz CT molecular complexity index is 181. The van der Waals surface area contributed by atoms with Gasteiger partial charge in [-0.2, -0.15) is 4.99 Å². The number of carbonyl (C=O) groups is 1. The summed E-state index contributed by atoms with van der Waals surface area (Å²) in [5.41, 5.74) is 0.363. The lowest BCUT2D eigenvalue weighted by Gasteiger charge is -1.88. The molecule has 1 amide bonds. The Morgan fingerprint density at radius 1 is 1.75 bits per heavy atom. The third-order valence-electron chi connectivity index (χ3n) is 0.859. The molecule has 0 aliphatic carbocycles. The largest absolute Gasteiger partial charge is 0.340 e. The lowest BCUT2D eigenvalue weighted by atomic mass is 10.5. The van der Waals surface area contributed by atoms with Crippen LogP contribution in [0.5, 0.6) is 0 Å². The highest BCUT2D eigenvalue weighted by Crippen LogP contribution is 1.96. The smallest absolute Gasteiger partial charge is 0.294 e. The van der Waals surface area contributed by atoms with Gasteiger partial charge in [-0.1, -0.05) is 6.58 Å². The molecule has 8 heavy (non-hydrogen) atoms. The summed E-state index contributed by atoms with van der Waals surface area (Å²) >= 11 is 0. The Balaban J connectivity index is 2.85. The minimum absolute atomic E-state index is 0.262. The van der Waals surface area contributed by atoms with E-state index in [4.69, 9.17) is 0 Å². The van der Waals surface area contributed by atoms with Gasteiger partial charge in [-0.05, 0) is 6.92 Å². The standard InChI is InChI=1S/C5H6N2O/c1-3-5(8)7-4(2)6-3/h1H2,2H3,(H,6,7,8). The predicted molar refractivity (Wildman–Crippen MR) is 30.4 cm³/mol. The van der Waals surface area contributed by atoms with Crippen molar-refractivity contribution in [3.05, 3.63) is 12.3 Å². The molecule has 3 nitrogen and oxygen atoms in total. The number of nitrogens with one attached hydrogen (secondary N) is 1. The summed E-state index contributed by atoms with van der Waals surface area (Å²) in [5.74, 6) is 0.363. The molecular weight excluding hydrogens is 104 g/mol. The van der Waals surface area contributed by atoms with Gasteiger partial charge >= 0.3 is 0 Å². The van der Waals surface area contributed by atoms with E-state index < -0.39 is 0 Å². The van der Waals surface area contributed by atoms with Crippen molar-refractivity contribution in [3.8, 4) is 0 Å². The summed E-state index contributed by atoms with van der Waals surface area (Å²) in [5, 5.41) is 2.67. The minimum atomic E-state index is -0.262. The first-order chi connectivity index (χ1) is 3.70. The average Bonchev–Trinajstić information content (AvgIpc) is 1.85. The molecule has 0 aromatic heterocycles. The number of carbonyl (C=O) groups excluding carboxylic acids is 1. The molecular formula is C5H6N2O. The van der Waals surface area contributed by atoms with Gasteiger partial charge in [0.2, 0.25) is 0 Å². The lowest BCUT2D eigenvalue weighted by molar-refractivity contribution is -0.114. The van der Waals surface area contributed by atoms with E-state index >= 15 is 0 Å². The highest BCUT2D eigenvalue weighted by atomic mass is 16.2. The molecule has 0 unspecified atom stereocenters. The molecule has 0 saturated carbocycles.